The van der Waals surface area contributed by atoms with Crippen molar-refractivity contribution >= 4 is 28.3 Å². The van der Waals surface area contributed by atoms with E-state index in [1.807, 2.05) is 17.9 Å². The predicted molar refractivity (Wildman–Crippen MR) is 81.9 cm³/mol. The molecule has 1 saturated heterocycles. The molecule has 1 aliphatic heterocycles. The van der Waals surface area contributed by atoms with E-state index in [4.69, 9.17) is 4.74 Å². The molecule has 1 aromatic rings. The monoisotopic (exact) mass is 308 g/mol. The summed E-state index contributed by atoms with van der Waals surface area (Å²) in [5.74, 6) is 0.363. The quantitative estimate of drug-likeness (QED) is 0.872. The lowest BCUT2D eigenvalue weighted by Crippen LogP contribution is -2.40. The molecule has 1 N–H and O–H groups in total. The molecular formula is C15H20N2O3S. The number of rotatable bonds is 3. The highest BCUT2D eigenvalue weighted by molar-refractivity contribution is 7.18. The second-order valence-electron chi connectivity index (χ2n) is 5.76. The third-order valence-corrected chi connectivity index (χ3v) is 5.41. The first-order valence-corrected chi connectivity index (χ1v) is 8.25. The fourth-order valence-corrected chi connectivity index (χ4v) is 4.25. The average molecular weight is 308 g/mol. The van der Waals surface area contributed by atoms with Crippen molar-refractivity contribution in [2.75, 3.05) is 18.5 Å². The van der Waals surface area contributed by atoms with Crippen LogP contribution in [-0.4, -0.2) is 36.1 Å². The number of nitrogens with zero attached hydrogens (tertiary/aromatic N) is 1. The summed E-state index contributed by atoms with van der Waals surface area (Å²) in [4.78, 5) is 26.6. The van der Waals surface area contributed by atoms with Crippen molar-refractivity contribution in [3.05, 3.63) is 16.5 Å². The van der Waals surface area contributed by atoms with E-state index in [-0.39, 0.29) is 12.0 Å². The zero-order valence-electron chi connectivity index (χ0n) is 12.3. The minimum Gasteiger partial charge on any atom is -0.462 e. The van der Waals surface area contributed by atoms with E-state index in [1.54, 1.807) is 6.92 Å². The SMILES string of the molecule is CCOC(=O)c1sc(NC(=O)N2C[C@H]3CC[C@H]2C3)cc1C. The number of hydrogen-bond donors (Lipinski definition) is 1. The van der Waals surface area contributed by atoms with Crippen LogP contribution in [0.4, 0.5) is 9.80 Å². The number of ether oxygens (including phenoxy) is 1. The molecule has 2 heterocycles. The molecule has 6 heteroatoms. The minimum atomic E-state index is -0.319. The van der Waals surface area contributed by atoms with Crippen molar-refractivity contribution in [3.8, 4) is 0 Å². The van der Waals surface area contributed by atoms with Crippen LogP contribution in [-0.2, 0) is 4.74 Å². The van der Waals surface area contributed by atoms with Crippen LogP contribution in [0.2, 0.25) is 0 Å². The van der Waals surface area contributed by atoms with Gasteiger partial charge in [0.1, 0.15) is 4.88 Å². The van der Waals surface area contributed by atoms with Gasteiger partial charge in [0, 0.05) is 12.6 Å². The van der Waals surface area contributed by atoms with Crippen molar-refractivity contribution in [1.82, 2.24) is 4.90 Å². The first kappa shape index (κ1) is 14.4. The maximum Gasteiger partial charge on any atom is 0.348 e. The molecule has 114 valence electrons. The summed E-state index contributed by atoms with van der Waals surface area (Å²) in [5, 5.41) is 3.64. The molecule has 0 spiro atoms. The Kier molecular flexibility index (Phi) is 3.89. The number of aryl methyl sites for hydroxylation is 1. The molecule has 3 rings (SSSR count). The number of nitrogens with one attached hydrogen (secondary N) is 1. The van der Waals surface area contributed by atoms with Crippen LogP contribution in [0, 0.1) is 12.8 Å². The Bertz CT molecular complexity index is 569. The van der Waals surface area contributed by atoms with Crippen LogP contribution < -0.4 is 5.32 Å². The van der Waals surface area contributed by atoms with Crippen LogP contribution in [0.25, 0.3) is 0 Å². The lowest BCUT2D eigenvalue weighted by molar-refractivity contribution is 0.0531. The van der Waals surface area contributed by atoms with E-state index in [1.165, 1.54) is 17.8 Å². The smallest absolute Gasteiger partial charge is 0.348 e. The Morgan fingerprint density at radius 1 is 1.48 bits per heavy atom. The van der Waals surface area contributed by atoms with E-state index in [2.05, 4.69) is 5.32 Å². The molecule has 2 bridgehead atoms. The Morgan fingerprint density at radius 2 is 2.29 bits per heavy atom. The number of anilines is 1. The highest BCUT2D eigenvalue weighted by atomic mass is 32.1. The maximum absolute atomic E-state index is 12.3. The number of likely N-dealkylation sites (tertiary alicyclic amines) is 1. The van der Waals surface area contributed by atoms with Crippen LogP contribution in [0.1, 0.15) is 41.4 Å². The van der Waals surface area contributed by atoms with Crippen molar-refractivity contribution in [3.63, 3.8) is 0 Å². The zero-order chi connectivity index (χ0) is 15.0. The van der Waals surface area contributed by atoms with Crippen LogP contribution in [0.5, 0.6) is 0 Å². The average Bonchev–Trinajstić information content (AvgIpc) is 3.14. The third kappa shape index (κ3) is 2.77. The number of amides is 2. The number of esters is 1. The molecule has 1 aromatic heterocycles. The van der Waals surface area contributed by atoms with Crippen LogP contribution >= 0.6 is 11.3 Å². The molecular weight excluding hydrogens is 288 g/mol. The largest absolute Gasteiger partial charge is 0.462 e. The van der Waals surface area contributed by atoms with Gasteiger partial charge in [0.2, 0.25) is 0 Å². The van der Waals surface area contributed by atoms with E-state index < -0.39 is 0 Å². The van der Waals surface area contributed by atoms with Crippen molar-refractivity contribution in [2.24, 2.45) is 5.92 Å². The molecule has 2 atom stereocenters. The first-order valence-electron chi connectivity index (χ1n) is 7.43. The number of thiophene rings is 1. The number of carbonyl (C=O) groups is 2. The Balaban J connectivity index is 1.66. The number of hydrogen-bond acceptors (Lipinski definition) is 4. The number of piperidine rings is 1. The van der Waals surface area contributed by atoms with Gasteiger partial charge in [0.15, 0.2) is 0 Å². The van der Waals surface area contributed by atoms with Crippen molar-refractivity contribution in [1.29, 1.82) is 0 Å². The molecule has 2 amide bonds. The Morgan fingerprint density at radius 3 is 2.90 bits per heavy atom. The second-order valence-corrected chi connectivity index (χ2v) is 6.81. The minimum absolute atomic E-state index is 0.0427. The van der Waals surface area contributed by atoms with Gasteiger partial charge in [0.25, 0.3) is 0 Å². The van der Waals surface area contributed by atoms with Gasteiger partial charge in [-0.05, 0) is 50.7 Å². The van der Waals surface area contributed by atoms with Crippen LogP contribution in [0.3, 0.4) is 0 Å². The molecule has 2 fully saturated rings. The summed E-state index contributed by atoms with van der Waals surface area (Å²) in [6.07, 6.45) is 3.51. The first-order chi connectivity index (χ1) is 10.1. The molecule has 1 saturated carbocycles. The fourth-order valence-electron chi connectivity index (χ4n) is 3.29. The summed E-state index contributed by atoms with van der Waals surface area (Å²) < 4.78 is 5.02. The van der Waals surface area contributed by atoms with E-state index in [0.717, 1.165) is 24.9 Å². The molecule has 5 nitrogen and oxygen atoms in total. The van der Waals surface area contributed by atoms with E-state index in [0.29, 0.717) is 28.4 Å². The van der Waals surface area contributed by atoms with Gasteiger partial charge in [-0.1, -0.05) is 0 Å². The summed E-state index contributed by atoms with van der Waals surface area (Å²) >= 11 is 1.28. The summed E-state index contributed by atoms with van der Waals surface area (Å²) in [6.45, 7) is 4.86. The summed E-state index contributed by atoms with van der Waals surface area (Å²) in [5.41, 5.74) is 0.844. The van der Waals surface area contributed by atoms with Crippen LogP contribution in [0.15, 0.2) is 6.07 Å². The topological polar surface area (TPSA) is 58.6 Å². The number of urea groups is 1. The summed E-state index contributed by atoms with van der Waals surface area (Å²) in [6, 6.07) is 2.20. The molecule has 0 aromatic carbocycles. The maximum atomic E-state index is 12.3. The van der Waals surface area contributed by atoms with Gasteiger partial charge in [-0.2, -0.15) is 0 Å². The fraction of sp³-hybridized carbons (Fsp3) is 0.600. The van der Waals surface area contributed by atoms with Crippen molar-refractivity contribution in [2.45, 2.75) is 39.2 Å². The summed E-state index contributed by atoms with van der Waals surface area (Å²) in [7, 11) is 0. The lowest BCUT2D eigenvalue weighted by atomic mass is 10.1. The normalized spacial score (nSPS) is 23.4. The highest BCUT2D eigenvalue weighted by Gasteiger charge is 2.40. The molecule has 2 aliphatic rings. The third-order valence-electron chi connectivity index (χ3n) is 4.28. The van der Waals surface area contributed by atoms with E-state index in [9.17, 15) is 9.59 Å². The van der Waals surface area contributed by atoms with Gasteiger partial charge in [-0.25, -0.2) is 9.59 Å². The zero-order valence-corrected chi connectivity index (χ0v) is 13.2. The number of carbonyl (C=O) groups excluding carboxylic acids is 2. The van der Waals surface area contributed by atoms with Gasteiger partial charge < -0.3 is 9.64 Å². The predicted octanol–water partition coefficient (Wildman–Crippen LogP) is 3.25. The van der Waals surface area contributed by atoms with Gasteiger partial charge in [-0.15, -0.1) is 11.3 Å². The standard InChI is InChI=1S/C15H20N2O3S/c1-3-20-14(18)13-9(2)6-12(21-13)16-15(19)17-8-10-4-5-11(17)7-10/h6,10-11H,3-5,7-8H2,1-2H3,(H,16,19)/t10-,11-/m0/s1. The molecule has 0 unspecified atom stereocenters. The molecule has 0 radical (unpaired) electrons. The molecule has 1 aliphatic carbocycles. The highest BCUT2D eigenvalue weighted by Crippen LogP contribution is 2.38. The van der Waals surface area contributed by atoms with Crippen molar-refractivity contribution < 1.29 is 14.3 Å². The Hall–Kier alpha value is -1.56. The van der Waals surface area contributed by atoms with E-state index >= 15 is 0 Å². The Labute approximate surface area is 128 Å². The van der Waals surface area contributed by atoms with Gasteiger partial charge in [-0.3, -0.25) is 5.32 Å². The number of fused-ring (bicyclic) bond motifs is 2. The molecule has 21 heavy (non-hydrogen) atoms. The van der Waals surface area contributed by atoms with Gasteiger partial charge >= 0.3 is 12.0 Å². The second kappa shape index (κ2) is 5.67. The lowest BCUT2D eigenvalue weighted by Gasteiger charge is -2.26. The van der Waals surface area contributed by atoms with Gasteiger partial charge in [0.05, 0.1) is 11.6 Å².